The summed E-state index contributed by atoms with van der Waals surface area (Å²) in [5.41, 5.74) is 3.64. The highest BCUT2D eigenvalue weighted by Crippen LogP contribution is 2.41. The average Bonchev–Trinajstić information content (AvgIpc) is 3.21. The zero-order valence-electron chi connectivity index (χ0n) is 17.4. The van der Waals surface area contributed by atoms with Crippen LogP contribution in [0.1, 0.15) is 28.2 Å². The van der Waals surface area contributed by atoms with Crippen molar-refractivity contribution >= 4 is 21.9 Å². The van der Waals surface area contributed by atoms with Crippen LogP contribution in [0.4, 0.5) is 5.82 Å². The highest BCUT2D eigenvalue weighted by atomic mass is 32.2. The average molecular weight is 444 g/mol. The van der Waals surface area contributed by atoms with Gasteiger partial charge in [-0.1, -0.05) is 42.0 Å². The minimum atomic E-state index is -3.76. The molecular weight excluding hydrogens is 422 g/mol. The van der Waals surface area contributed by atoms with E-state index in [4.69, 9.17) is 0 Å². The number of aryl methyl sites for hydroxylation is 1. The summed E-state index contributed by atoms with van der Waals surface area (Å²) in [7, 11) is -3.76. The predicted octanol–water partition coefficient (Wildman–Crippen LogP) is 3.86. The molecule has 0 fully saturated rings. The second-order valence-corrected chi connectivity index (χ2v) is 9.48. The van der Waals surface area contributed by atoms with Crippen molar-refractivity contribution in [3.05, 3.63) is 107 Å². The van der Waals surface area contributed by atoms with Crippen LogP contribution in [0.2, 0.25) is 0 Å². The van der Waals surface area contributed by atoms with E-state index in [0.29, 0.717) is 12.0 Å². The molecule has 0 saturated carbocycles. The summed E-state index contributed by atoms with van der Waals surface area (Å²) in [6.45, 7) is 1.91. The van der Waals surface area contributed by atoms with Crippen LogP contribution in [0.15, 0.2) is 84.0 Å². The number of sulfonamides is 1. The molecule has 5 rings (SSSR count). The van der Waals surface area contributed by atoms with Gasteiger partial charge in [0, 0.05) is 30.1 Å². The van der Waals surface area contributed by atoms with Gasteiger partial charge >= 0.3 is 0 Å². The molecule has 160 valence electrons. The van der Waals surface area contributed by atoms with E-state index in [1.807, 2.05) is 55.5 Å². The Morgan fingerprint density at radius 1 is 0.938 bits per heavy atom. The molecular formula is C24H21N5O2S. The van der Waals surface area contributed by atoms with Crippen molar-refractivity contribution in [3.63, 3.8) is 0 Å². The van der Waals surface area contributed by atoms with Crippen LogP contribution in [-0.2, 0) is 21.9 Å². The Kier molecular flexibility index (Phi) is 4.86. The Hall–Kier alpha value is -3.78. The van der Waals surface area contributed by atoms with Crippen molar-refractivity contribution in [1.29, 1.82) is 0 Å². The van der Waals surface area contributed by atoms with Crippen LogP contribution in [0, 0.1) is 6.92 Å². The van der Waals surface area contributed by atoms with Gasteiger partial charge in [-0.3, -0.25) is 19.8 Å². The Morgan fingerprint density at radius 3 is 2.19 bits per heavy atom. The first-order chi connectivity index (χ1) is 15.5. The second kappa shape index (κ2) is 7.72. The fourth-order valence-corrected chi connectivity index (χ4v) is 5.00. The Labute approximate surface area is 186 Å². The number of anilines is 1. The van der Waals surface area contributed by atoms with Crippen molar-refractivity contribution in [2.75, 3.05) is 4.72 Å². The monoisotopic (exact) mass is 443 g/mol. The molecule has 3 heterocycles. The smallest absolute Gasteiger partial charge is 0.263 e. The van der Waals surface area contributed by atoms with E-state index >= 15 is 0 Å². The Morgan fingerprint density at radius 2 is 1.59 bits per heavy atom. The van der Waals surface area contributed by atoms with Crippen LogP contribution in [0.3, 0.4) is 0 Å². The first-order valence-electron chi connectivity index (χ1n) is 10.2. The number of allylic oxidation sites excluding steroid dienone is 1. The van der Waals surface area contributed by atoms with E-state index in [9.17, 15) is 8.42 Å². The number of hydrogen-bond acceptors (Lipinski definition) is 5. The fourth-order valence-electron chi connectivity index (χ4n) is 3.98. The van der Waals surface area contributed by atoms with Gasteiger partial charge in [0.1, 0.15) is 0 Å². The summed E-state index contributed by atoms with van der Waals surface area (Å²) in [5, 5.41) is 7.29. The molecule has 0 spiro atoms. The topological polar surface area (TPSA) is 101 Å². The van der Waals surface area contributed by atoms with Crippen molar-refractivity contribution in [2.45, 2.75) is 23.7 Å². The standard InChI is InChI=1S/C24H21N5O2S/c1-17-8-10-18(11-9-17)32(30,31)29-23-19-12-13-24(16-20(19)27-28-23,21-6-2-4-14-25-21)22-7-3-5-15-26-22/h2-15H,16H2,1H3,(H2,27,28,29). The first-order valence-corrected chi connectivity index (χ1v) is 11.7. The molecule has 7 nitrogen and oxygen atoms in total. The zero-order chi connectivity index (χ0) is 22.2. The summed E-state index contributed by atoms with van der Waals surface area (Å²) in [5.74, 6) is 0.271. The van der Waals surface area contributed by atoms with Crippen LogP contribution in [0.5, 0.6) is 0 Å². The minimum absolute atomic E-state index is 0.191. The molecule has 1 aromatic carbocycles. The number of nitrogens with one attached hydrogen (secondary N) is 2. The number of nitrogens with zero attached hydrogens (tertiary/aromatic N) is 3. The number of pyridine rings is 2. The molecule has 3 aromatic heterocycles. The first kappa shape index (κ1) is 20.1. The Balaban J connectivity index is 1.53. The van der Waals surface area contributed by atoms with Crippen LogP contribution in [-0.4, -0.2) is 28.6 Å². The summed E-state index contributed by atoms with van der Waals surface area (Å²) in [6.07, 6.45) is 7.96. The van der Waals surface area contributed by atoms with Gasteiger partial charge in [0.15, 0.2) is 5.82 Å². The van der Waals surface area contributed by atoms with E-state index in [0.717, 1.165) is 22.6 Å². The van der Waals surface area contributed by atoms with E-state index in [-0.39, 0.29) is 10.7 Å². The number of fused-ring (bicyclic) bond motifs is 1. The molecule has 0 atom stereocenters. The quantitative estimate of drug-likeness (QED) is 0.488. The van der Waals surface area contributed by atoms with Gasteiger partial charge < -0.3 is 0 Å². The van der Waals surface area contributed by atoms with Gasteiger partial charge in [0.05, 0.1) is 21.7 Å². The summed E-state index contributed by atoms with van der Waals surface area (Å²) >= 11 is 0. The number of aromatic nitrogens is 4. The maximum atomic E-state index is 12.9. The maximum Gasteiger partial charge on any atom is 0.263 e. The third-order valence-electron chi connectivity index (χ3n) is 5.68. The van der Waals surface area contributed by atoms with Gasteiger partial charge in [-0.2, -0.15) is 5.10 Å². The highest BCUT2D eigenvalue weighted by Gasteiger charge is 2.39. The second-order valence-electron chi connectivity index (χ2n) is 7.79. The number of aromatic amines is 1. The molecule has 0 saturated heterocycles. The van der Waals surface area contributed by atoms with E-state index in [2.05, 4.69) is 24.9 Å². The van der Waals surface area contributed by atoms with Crippen LogP contribution in [0.25, 0.3) is 6.08 Å². The third-order valence-corrected chi connectivity index (χ3v) is 7.03. The van der Waals surface area contributed by atoms with Gasteiger partial charge in [0.2, 0.25) is 0 Å². The van der Waals surface area contributed by atoms with Crippen LogP contribution >= 0.6 is 0 Å². The van der Waals surface area contributed by atoms with Gasteiger partial charge in [-0.05, 0) is 43.3 Å². The molecule has 0 radical (unpaired) electrons. The van der Waals surface area contributed by atoms with Crippen LogP contribution < -0.4 is 4.72 Å². The number of hydrogen-bond donors (Lipinski definition) is 2. The SMILES string of the molecule is Cc1ccc(S(=O)(=O)Nc2n[nH]c3c2C=CC(c2ccccn2)(c2ccccn2)C3)cc1. The Bertz CT molecular complexity index is 1340. The molecule has 0 unspecified atom stereocenters. The van der Waals surface area contributed by atoms with Gasteiger partial charge in [-0.25, -0.2) is 8.42 Å². The summed E-state index contributed by atoms with van der Waals surface area (Å²) < 4.78 is 28.3. The normalized spacial score (nSPS) is 14.7. The molecule has 0 bridgehead atoms. The largest absolute Gasteiger partial charge is 0.280 e. The summed E-state index contributed by atoms with van der Waals surface area (Å²) in [6, 6.07) is 18.3. The molecule has 1 aliphatic carbocycles. The molecule has 1 aliphatic rings. The number of benzene rings is 1. The molecule has 0 amide bonds. The molecule has 2 N–H and O–H groups in total. The van der Waals surface area contributed by atoms with Crippen molar-refractivity contribution in [1.82, 2.24) is 20.2 Å². The van der Waals surface area contributed by atoms with Gasteiger partial charge in [-0.15, -0.1) is 0 Å². The lowest BCUT2D eigenvalue weighted by Crippen LogP contribution is -2.32. The molecule has 4 aromatic rings. The lowest BCUT2D eigenvalue weighted by atomic mass is 9.73. The lowest BCUT2D eigenvalue weighted by molar-refractivity contribution is 0.582. The minimum Gasteiger partial charge on any atom is -0.280 e. The number of H-pyrrole nitrogens is 1. The molecule has 0 aliphatic heterocycles. The highest BCUT2D eigenvalue weighted by molar-refractivity contribution is 7.92. The van der Waals surface area contributed by atoms with E-state index in [1.165, 1.54) is 0 Å². The predicted molar refractivity (Wildman–Crippen MR) is 123 cm³/mol. The third kappa shape index (κ3) is 3.48. The fraction of sp³-hybridized carbons (Fsp3) is 0.125. The lowest BCUT2D eigenvalue weighted by Gasteiger charge is -2.32. The zero-order valence-corrected chi connectivity index (χ0v) is 18.2. The molecule has 32 heavy (non-hydrogen) atoms. The van der Waals surface area contributed by atoms with Crippen molar-refractivity contribution < 1.29 is 8.42 Å². The maximum absolute atomic E-state index is 12.9. The summed E-state index contributed by atoms with van der Waals surface area (Å²) in [4.78, 5) is 9.39. The van der Waals surface area contributed by atoms with Gasteiger partial charge in [0.25, 0.3) is 10.0 Å². The van der Waals surface area contributed by atoms with E-state index in [1.54, 1.807) is 36.7 Å². The molecule has 8 heteroatoms. The van der Waals surface area contributed by atoms with Crippen molar-refractivity contribution in [3.8, 4) is 0 Å². The number of rotatable bonds is 5. The van der Waals surface area contributed by atoms with E-state index < -0.39 is 15.4 Å². The van der Waals surface area contributed by atoms with Crippen molar-refractivity contribution in [2.24, 2.45) is 0 Å².